The van der Waals surface area contributed by atoms with Crippen LogP contribution in [0.25, 0.3) is 0 Å². The highest BCUT2D eigenvalue weighted by atomic mass is 35.5. The highest BCUT2D eigenvalue weighted by Gasteiger charge is 2.35. The van der Waals surface area contributed by atoms with Gasteiger partial charge in [0.25, 0.3) is 0 Å². The van der Waals surface area contributed by atoms with Crippen LogP contribution in [0.4, 0.5) is 11.4 Å². The van der Waals surface area contributed by atoms with Gasteiger partial charge < -0.3 is 20.4 Å². The Balaban J connectivity index is 1.32. The second-order valence-electron chi connectivity index (χ2n) is 8.85. The maximum atomic E-state index is 13.2. The summed E-state index contributed by atoms with van der Waals surface area (Å²) in [5.41, 5.74) is 2.56. The first kappa shape index (κ1) is 25.3. The molecule has 10 heteroatoms. The molecule has 2 heterocycles. The van der Waals surface area contributed by atoms with Gasteiger partial charge in [0.05, 0.1) is 13.0 Å². The number of piperazine rings is 2. The predicted molar refractivity (Wildman–Crippen MR) is 138 cm³/mol. The second-order valence-corrected chi connectivity index (χ2v) is 9.69. The molecular formula is C25H29Cl2N5O3. The maximum Gasteiger partial charge on any atom is 0.243 e. The molecule has 2 aliphatic rings. The number of hydrogen-bond donors (Lipinski definition) is 2. The summed E-state index contributed by atoms with van der Waals surface area (Å²) in [7, 11) is 0. The summed E-state index contributed by atoms with van der Waals surface area (Å²) in [4.78, 5) is 44.3. The lowest BCUT2D eigenvalue weighted by molar-refractivity contribution is -0.145. The molecule has 2 aromatic carbocycles. The van der Waals surface area contributed by atoms with E-state index in [1.165, 1.54) is 4.90 Å². The summed E-state index contributed by atoms with van der Waals surface area (Å²) in [6.45, 7) is 5.89. The molecule has 1 atom stereocenters. The van der Waals surface area contributed by atoms with E-state index >= 15 is 0 Å². The van der Waals surface area contributed by atoms with E-state index in [0.717, 1.165) is 37.4 Å². The van der Waals surface area contributed by atoms with Crippen molar-refractivity contribution in [2.24, 2.45) is 0 Å². The van der Waals surface area contributed by atoms with Crippen molar-refractivity contribution in [3.63, 3.8) is 0 Å². The Bertz CT molecular complexity index is 1090. The molecule has 2 fully saturated rings. The number of rotatable bonds is 6. The third kappa shape index (κ3) is 6.45. The Hall–Kier alpha value is -2.81. The molecular weight excluding hydrogens is 489 g/mol. The quantitative estimate of drug-likeness (QED) is 0.615. The van der Waals surface area contributed by atoms with Crippen LogP contribution < -0.4 is 15.5 Å². The maximum absolute atomic E-state index is 13.2. The lowest BCUT2D eigenvalue weighted by atomic mass is 10.1. The number of nitrogens with zero attached hydrogens (tertiary/aromatic N) is 3. The van der Waals surface area contributed by atoms with E-state index in [9.17, 15) is 14.4 Å². The van der Waals surface area contributed by atoms with Gasteiger partial charge in [-0.1, -0.05) is 29.3 Å². The van der Waals surface area contributed by atoms with Gasteiger partial charge in [-0.25, -0.2) is 0 Å². The van der Waals surface area contributed by atoms with Crippen molar-refractivity contribution >= 4 is 52.3 Å². The first-order chi connectivity index (χ1) is 16.8. The Labute approximate surface area is 215 Å². The van der Waals surface area contributed by atoms with Crippen LogP contribution in [0, 0.1) is 6.92 Å². The average molecular weight is 518 g/mol. The molecule has 0 spiro atoms. The van der Waals surface area contributed by atoms with Gasteiger partial charge in [-0.05, 0) is 48.9 Å². The zero-order valence-electron chi connectivity index (χ0n) is 19.6. The Morgan fingerprint density at radius 1 is 1.03 bits per heavy atom. The highest BCUT2D eigenvalue weighted by molar-refractivity contribution is 6.31. The Morgan fingerprint density at radius 3 is 2.43 bits per heavy atom. The Kier molecular flexibility index (Phi) is 8.15. The first-order valence-corrected chi connectivity index (χ1v) is 12.4. The van der Waals surface area contributed by atoms with Crippen LogP contribution in [0.5, 0.6) is 0 Å². The van der Waals surface area contributed by atoms with E-state index in [0.29, 0.717) is 28.8 Å². The topological polar surface area (TPSA) is 85.0 Å². The third-order valence-electron chi connectivity index (χ3n) is 6.41. The summed E-state index contributed by atoms with van der Waals surface area (Å²) >= 11 is 12.1. The minimum Gasteiger partial charge on any atom is -0.369 e. The van der Waals surface area contributed by atoms with Crippen LogP contribution in [-0.2, 0) is 14.4 Å². The van der Waals surface area contributed by atoms with Crippen molar-refractivity contribution in [3.05, 3.63) is 58.1 Å². The van der Waals surface area contributed by atoms with Crippen LogP contribution in [0.2, 0.25) is 10.0 Å². The molecule has 2 aromatic rings. The van der Waals surface area contributed by atoms with Gasteiger partial charge in [-0.3, -0.25) is 19.3 Å². The van der Waals surface area contributed by atoms with E-state index in [4.69, 9.17) is 23.2 Å². The molecule has 186 valence electrons. The SMILES string of the molecule is Cc1ccc(NC(=O)CC2C(=O)NCCN2C(=O)CN2CCN(c3ccc(Cl)cc3)CC2)cc1Cl. The molecule has 1 unspecified atom stereocenters. The monoisotopic (exact) mass is 517 g/mol. The predicted octanol–water partition coefficient (Wildman–Crippen LogP) is 2.78. The van der Waals surface area contributed by atoms with Crippen LogP contribution in [-0.4, -0.2) is 79.4 Å². The third-order valence-corrected chi connectivity index (χ3v) is 7.07. The number of carbonyl (C=O) groups is 3. The molecule has 0 bridgehead atoms. The summed E-state index contributed by atoms with van der Waals surface area (Å²) < 4.78 is 0. The minimum atomic E-state index is -0.840. The van der Waals surface area contributed by atoms with Crippen LogP contribution >= 0.6 is 23.2 Å². The van der Waals surface area contributed by atoms with Crippen molar-refractivity contribution in [3.8, 4) is 0 Å². The number of anilines is 2. The zero-order chi connectivity index (χ0) is 24.9. The molecule has 0 aromatic heterocycles. The standard InChI is InChI=1S/C25H29Cl2N5O3/c1-17-2-5-19(14-21(17)27)29-23(33)15-22-25(35)28-8-9-32(22)24(34)16-30-10-12-31(13-11-30)20-6-3-18(26)4-7-20/h2-7,14,22H,8-13,15-16H2,1H3,(H,28,35)(H,29,33). The fourth-order valence-corrected chi connectivity index (χ4v) is 4.68. The van der Waals surface area contributed by atoms with E-state index in [-0.39, 0.29) is 30.7 Å². The van der Waals surface area contributed by atoms with Crippen molar-refractivity contribution in [2.75, 3.05) is 56.0 Å². The van der Waals surface area contributed by atoms with Gasteiger partial charge in [0.2, 0.25) is 17.7 Å². The van der Waals surface area contributed by atoms with Gasteiger partial charge in [0.1, 0.15) is 6.04 Å². The van der Waals surface area contributed by atoms with Crippen LogP contribution in [0.1, 0.15) is 12.0 Å². The molecule has 0 radical (unpaired) electrons. The summed E-state index contributed by atoms with van der Waals surface area (Å²) in [6.07, 6.45) is -0.118. The first-order valence-electron chi connectivity index (χ1n) is 11.7. The number of halogens is 2. The van der Waals surface area contributed by atoms with Gasteiger partial charge >= 0.3 is 0 Å². The minimum absolute atomic E-state index is 0.118. The molecule has 0 aliphatic carbocycles. The number of aryl methyl sites for hydroxylation is 1. The largest absolute Gasteiger partial charge is 0.369 e. The molecule has 8 nitrogen and oxygen atoms in total. The summed E-state index contributed by atoms with van der Waals surface area (Å²) in [5.74, 6) is -0.799. The van der Waals surface area contributed by atoms with Gasteiger partial charge in [-0.2, -0.15) is 0 Å². The molecule has 2 N–H and O–H groups in total. The lowest BCUT2D eigenvalue weighted by Gasteiger charge is -2.39. The molecule has 4 rings (SSSR count). The van der Waals surface area contributed by atoms with Crippen molar-refractivity contribution in [1.82, 2.24) is 15.1 Å². The zero-order valence-corrected chi connectivity index (χ0v) is 21.1. The Morgan fingerprint density at radius 2 is 1.74 bits per heavy atom. The smallest absolute Gasteiger partial charge is 0.243 e. The number of hydrogen-bond acceptors (Lipinski definition) is 5. The lowest BCUT2D eigenvalue weighted by Crippen LogP contribution is -2.60. The summed E-state index contributed by atoms with van der Waals surface area (Å²) in [6, 6.07) is 12.1. The van der Waals surface area contributed by atoms with E-state index < -0.39 is 6.04 Å². The van der Waals surface area contributed by atoms with Crippen molar-refractivity contribution in [2.45, 2.75) is 19.4 Å². The second kappa shape index (κ2) is 11.3. The molecule has 3 amide bonds. The van der Waals surface area contributed by atoms with E-state index in [1.54, 1.807) is 12.1 Å². The number of benzene rings is 2. The van der Waals surface area contributed by atoms with Crippen molar-refractivity contribution < 1.29 is 14.4 Å². The fraction of sp³-hybridized carbons (Fsp3) is 0.400. The number of carbonyl (C=O) groups excluding carboxylic acids is 3. The molecule has 2 aliphatic heterocycles. The summed E-state index contributed by atoms with van der Waals surface area (Å²) in [5, 5.41) is 6.80. The number of amides is 3. The number of nitrogens with one attached hydrogen (secondary N) is 2. The molecule has 0 saturated carbocycles. The highest BCUT2D eigenvalue weighted by Crippen LogP contribution is 2.22. The molecule has 35 heavy (non-hydrogen) atoms. The molecule has 2 saturated heterocycles. The van der Waals surface area contributed by atoms with Gasteiger partial charge in [0, 0.05) is 60.7 Å². The van der Waals surface area contributed by atoms with Crippen LogP contribution in [0.3, 0.4) is 0 Å². The van der Waals surface area contributed by atoms with Gasteiger partial charge in [0.15, 0.2) is 0 Å². The van der Waals surface area contributed by atoms with Gasteiger partial charge in [-0.15, -0.1) is 0 Å². The van der Waals surface area contributed by atoms with Crippen LogP contribution in [0.15, 0.2) is 42.5 Å². The fourth-order valence-electron chi connectivity index (χ4n) is 4.37. The van der Waals surface area contributed by atoms with Crippen molar-refractivity contribution in [1.29, 1.82) is 0 Å². The van der Waals surface area contributed by atoms with E-state index in [1.807, 2.05) is 37.3 Å². The van der Waals surface area contributed by atoms with E-state index in [2.05, 4.69) is 20.4 Å². The normalized spacial score (nSPS) is 18.8. The average Bonchev–Trinajstić information content (AvgIpc) is 2.84.